The van der Waals surface area contributed by atoms with Crippen LogP contribution in [0.15, 0.2) is 48.0 Å². The quantitative estimate of drug-likeness (QED) is 0.363. The van der Waals surface area contributed by atoms with E-state index in [2.05, 4.69) is 0 Å². The predicted molar refractivity (Wildman–Crippen MR) is 127 cm³/mol. The lowest BCUT2D eigenvalue weighted by Crippen LogP contribution is -2.32. The van der Waals surface area contributed by atoms with Crippen LogP contribution in [0, 0.1) is 0 Å². The molecular weight excluding hydrogens is 436 g/mol. The molecule has 4 rings (SSSR count). The first-order chi connectivity index (χ1) is 16.4. The first-order valence-electron chi connectivity index (χ1n) is 11.5. The summed E-state index contributed by atoms with van der Waals surface area (Å²) in [6, 6.07) is 11.6. The Morgan fingerprint density at radius 1 is 1.12 bits per heavy atom. The minimum absolute atomic E-state index is 0.0557. The Labute approximate surface area is 199 Å². The SMILES string of the molecule is CCOc1cccc([C@@H]2/C(=C(\O)c3ccc4c(c3)OCCO4)C(=O)C(=O)N2CCCN(C)C)c1. The minimum Gasteiger partial charge on any atom is -0.507 e. The third-order valence-corrected chi connectivity index (χ3v) is 5.84. The number of hydrogen-bond donors (Lipinski definition) is 1. The molecule has 1 N–H and O–H groups in total. The Morgan fingerprint density at radius 2 is 1.88 bits per heavy atom. The van der Waals surface area contributed by atoms with Crippen LogP contribution in [0.3, 0.4) is 0 Å². The van der Waals surface area contributed by atoms with Crippen molar-refractivity contribution in [2.24, 2.45) is 0 Å². The number of amides is 1. The summed E-state index contributed by atoms with van der Waals surface area (Å²) in [7, 11) is 3.91. The molecule has 2 aromatic carbocycles. The monoisotopic (exact) mass is 466 g/mol. The van der Waals surface area contributed by atoms with Gasteiger partial charge in [-0.05, 0) is 69.9 Å². The van der Waals surface area contributed by atoms with Crippen LogP contribution in [0.1, 0.15) is 30.5 Å². The van der Waals surface area contributed by atoms with E-state index in [-0.39, 0.29) is 11.3 Å². The molecule has 2 heterocycles. The van der Waals surface area contributed by atoms with E-state index in [9.17, 15) is 14.7 Å². The summed E-state index contributed by atoms with van der Waals surface area (Å²) in [5.41, 5.74) is 1.15. The van der Waals surface area contributed by atoms with Crippen molar-refractivity contribution in [3.63, 3.8) is 0 Å². The summed E-state index contributed by atoms with van der Waals surface area (Å²) in [6.45, 7) is 4.37. The fourth-order valence-corrected chi connectivity index (χ4v) is 4.30. The summed E-state index contributed by atoms with van der Waals surface area (Å²) in [4.78, 5) is 29.9. The standard InChI is InChI=1S/C26H30N2O6/c1-4-32-19-8-5-7-17(15-19)23-22(25(30)26(31)28(23)12-6-11-27(2)3)24(29)18-9-10-20-21(16-18)34-14-13-33-20/h5,7-10,15-16,23,29H,4,6,11-14H2,1-3H3/b24-22+/t23-/m1/s1. The van der Waals surface area contributed by atoms with E-state index in [0.717, 1.165) is 6.54 Å². The molecule has 0 aliphatic carbocycles. The maximum Gasteiger partial charge on any atom is 0.295 e. The van der Waals surface area contributed by atoms with Gasteiger partial charge in [0.1, 0.15) is 24.7 Å². The molecule has 0 aromatic heterocycles. The fraction of sp³-hybridized carbons (Fsp3) is 0.385. The van der Waals surface area contributed by atoms with Gasteiger partial charge >= 0.3 is 0 Å². The van der Waals surface area contributed by atoms with Crippen LogP contribution in [-0.4, -0.2) is 73.6 Å². The maximum atomic E-state index is 13.2. The van der Waals surface area contributed by atoms with Crippen molar-refractivity contribution in [3.8, 4) is 17.2 Å². The molecule has 1 fully saturated rings. The first kappa shape index (κ1) is 23.6. The topological polar surface area (TPSA) is 88.5 Å². The zero-order valence-electron chi connectivity index (χ0n) is 19.7. The summed E-state index contributed by atoms with van der Waals surface area (Å²) >= 11 is 0. The number of fused-ring (bicyclic) bond motifs is 1. The van der Waals surface area contributed by atoms with Crippen molar-refractivity contribution >= 4 is 17.4 Å². The number of ether oxygens (including phenoxy) is 3. The number of aliphatic hydroxyl groups excluding tert-OH is 1. The Morgan fingerprint density at radius 3 is 2.62 bits per heavy atom. The molecule has 34 heavy (non-hydrogen) atoms. The zero-order valence-corrected chi connectivity index (χ0v) is 19.7. The Hall–Kier alpha value is -3.52. The number of Topliss-reactive ketones (excluding diaryl/α,β-unsaturated/α-hetero) is 1. The summed E-state index contributed by atoms with van der Waals surface area (Å²) in [5.74, 6) is 0.141. The van der Waals surface area contributed by atoms with Crippen LogP contribution in [0.5, 0.6) is 17.2 Å². The molecule has 0 spiro atoms. The van der Waals surface area contributed by atoms with E-state index in [4.69, 9.17) is 14.2 Å². The number of rotatable bonds is 8. The molecule has 0 unspecified atom stereocenters. The van der Waals surface area contributed by atoms with E-state index in [1.165, 1.54) is 0 Å². The highest BCUT2D eigenvalue weighted by atomic mass is 16.6. The van der Waals surface area contributed by atoms with Crippen molar-refractivity contribution in [2.75, 3.05) is 47.0 Å². The molecule has 2 aromatic rings. The molecular formula is C26H30N2O6. The summed E-state index contributed by atoms with van der Waals surface area (Å²) in [6.07, 6.45) is 0.686. The van der Waals surface area contributed by atoms with Gasteiger partial charge in [-0.3, -0.25) is 9.59 Å². The number of hydrogen-bond acceptors (Lipinski definition) is 7. The zero-order chi connectivity index (χ0) is 24.2. The van der Waals surface area contributed by atoms with Crippen LogP contribution >= 0.6 is 0 Å². The number of carbonyl (C=O) groups excluding carboxylic acids is 2. The summed E-state index contributed by atoms with van der Waals surface area (Å²) in [5, 5.41) is 11.3. The average molecular weight is 467 g/mol. The second-order valence-electron chi connectivity index (χ2n) is 8.51. The van der Waals surface area contributed by atoms with Gasteiger partial charge in [0.25, 0.3) is 11.7 Å². The lowest BCUT2D eigenvalue weighted by Gasteiger charge is -2.26. The van der Waals surface area contributed by atoms with Crippen LogP contribution < -0.4 is 14.2 Å². The van der Waals surface area contributed by atoms with Gasteiger partial charge in [0.2, 0.25) is 0 Å². The lowest BCUT2D eigenvalue weighted by atomic mass is 9.95. The van der Waals surface area contributed by atoms with Crippen LogP contribution in [0.4, 0.5) is 0 Å². The first-order valence-corrected chi connectivity index (χ1v) is 11.5. The van der Waals surface area contributed by atoms with Crippen molar-refractivity contribution in [3.05, 3.63) is 59.2 Å². The Bertz CT molecular complexity index is 1110. The lowest BCUT2D eigenvalue weighted by molar-refractivity contribution is -0.139. The van der Waals surface area contributed by atoms with Crippen LogP contribution in [0.2, 0.25) is 0 Å². The smallest absolute Gasteiger partial charge is 0.295 e. The molecule has 8 nitrogen and oxygen atoms in total. The third kappa shape index (κ3) is 4.72. The predicted octanol–water partition coefficient (Wildman–Crippen LogP) is 3.23. The number of carbonyl (C=O) groups is 2. The van der Waals surface area contributed by atoms with E-state index < -0.39 is 17.7 Å². The molecule has 2 aliphatic heterocycles. The highest BCUT2D eigenvalue weighted by Gasteiger charge is 2.46. The fourth-order valence-electron chi connectivity index (χ4n) is 4.30. The van der Waals surface area contributed by atoms with Gasteiger partial charge in [0, 0.05) is 12.1 Å². The van der Waals surface area contributed by atoms with Gasteiger partial charge in [0.15, 0.2) is 11.5 Å². The van der Waals surface area contributed by atoms with E-state index >= 15 is 0 Å². The molecule has 8 heteroatoms. The molecule has 1 amide bonds. The Kier molecular flexibility index (Phi) is 7.07. The van der Waals surface area contributed by atoms with Gasteiger partial charge in [0.05, 0.1) is 18.2 Å². The Balaban J connectivity index is 1.79. The molecule has 0 bridgehead atoms. The highest BCUT2D eigenvalue weighted by Crippen LogP contribution is 2.41. The van der Waals surface area contributed by atoms with E-state index in [1.807, 2.05) is 50.2 Å². The number of benzene rings is 2. The van der Waals surface area contributed by atoms with Gasteiger partial charge in [-0.25, -0.2) is 0 Å². The molecule has 1 atom stereocenters. The van der Waals surface area contributed by atoms with E-state index in [0.29, 0.717) is 61.2 Å². The van der Waals surface area contributed by atoms with Crippen molar-refractivity contribution in [1.82, 2.24) is 9.80 Å². The molecule has 0 radical (unpaired) electrons. The van der Waals surface area contributed by atoms with Crippen LogP contribution in [0.25, 0.3) is 5.76 Å². The average Bonchev–Trinajstić information content (AvgIpc) is 3.08. The van der Waals surface area contributed by atoms with Crippen molar-refractivity contribution in [2.45, 2.75) is 19.4 Å². The van der Waals surface area contributed by atoms with E-state index in [1.54, 1.807) is 23.1 Å². The number of nitrogens with zero attached hydrogens (tertiary/aromatic N) is 2. The van der Waals surface area contributed by atoms with Gasteiger partial charge in [-0.2, -0.15) is 0 Å². The molecule has 0 saturated carbocycles. The third-order valence-electron chi connectivity index (χ3n) is 5.84. The number of ketones is 1. The second kappa shape index (κ2) is 10.2. The normalized spacial score (nSPS) is 19.1. The van der Waals surface area contributed by atoms with Crippen LogP contribution in [-0.2, 0) is 9.59 Å². The molecule has 1 saturated heterocycles. The molecule has 180 valence electrons. The highest BCUT2D eigenvalue weighted by molar-refractivity contribution is 6.46. The van der Waals surface area contributed by atoms with Gasteiger partial charge < -0.3 is 29.1 Å². The largest absolute Gasteiger partial charge is 0.507 e. The number of likely N-dealkylation sites (tertiary alicyclic amines) is 1. The van der Waals surface area contributed by atoms with Crippen molar-refractivity contribution in [1.29, 1.82) is 0 Å². The maximum absolute atomic E-state index is 13.2. The summed E-state index contributed by atoms with van der Waals surface area (Å²) < 4.78 is 16.8. The molecule has 2 aliphatic rings. The minimum atomic E-state index is -0.726. The van der Waals surface area contributed by atoms with Crippen molar-refractivity contribution < 1.29 is 28.9 Å². The van der Waals surface area contributed by atoms with Gasteiger partial charge in [-0.1, -0.05) is 12.1 Å². The number of aliphatic hydroxyl groups is 1. The van der Waals surface area contributed by atoms with Gasteiger partial charge in [-0.15, -0.1) is 0 Å². The second-order valence-corrected chi connectivity index (χ2v) is 8.51.